The number of rotatable bonds is 6. The normalized spacial score (nSPS) is 11.5. The number of hydrogen-bond donors (Lipinski definition) is 1. The molecular weight excluding hydrogens is 304 g/mol. The van der Waals surface area contributed by atoms with Crippen molar-refractivity contribution in [1.29, 1.82) is 0 Å². The Bertz CT molecular complexity index is 789. The van der Waals surface area contributed by atoms with Crippen molar-refractivity contribution in [3.05, 3.63) is 70.9 Å². The number of nitrogens with one attached hydrogen (secondary N) is 1. The van der Waals surface area contributed by atoms with Crippen molar-refractivity contribution in [1.82, 2.24) is 9.88 Å². The first-order valence-corrected chi connectivity index (χ1v) is 8.54. The minimum absolute atomic E-state index is 0.659. The van der Waals surface area contributed by atoms with Crippen LogP contribution in [0.1, 0.15) is 25.0 Å². The predicted molar refractivity (Wildman–Crippen MR) is 99.0 cm³/mol. The Hall–Kier alpha value is -1.77. The molecule has 1 N–H and O–H groups in total. The largest absolute Gasteiger partial charge is 0.343 e. The molecule has 1 heterocycles. The second kappa shape index (κ2) is 7.20. The molecule has 120 valence electrons. The van der Waals surface area contributed by atoms with Gasteiger partial charge in [-0.15, -0.1) is 0 Å². The van der Waals surface area contributed by atoms with Crippen LogP contribution in [0.2, 0.25) is 5.02 Å². The molecule has 0 atom stereocenters. The first-order valence-electron chi connectivity index (χ1n) is 8.16. The Morgan fingerprint density at radius 3 is 2.52 bits per heavy atom. The first-order chi connectivity index (χ1) is 11.1. The van der Waals surface area contributed by atoms with Crippen LogP contribution in [0.5, 0.6) is 0 Å². The molecule has 0 aliphatic carbocycles. The summed E-state index contributed by atoms with van der Waals surface area (Å²) in [5, 5.41) is 5.68. The third-order valence-corrected chi connectivity index (χ3v) is 4.41. The Kier molecular flexibility index (Phi) is 5.04. The molecule has 0 saturated heterocycles. The van der Waals surface area contributed by atoms with E-state index in [9.17, 15) is 0 Å². The molecular formula is C20H23ClN2. The second-order valence-electron chi connectivity index (χ2n) is 6.42. The molecule has 0 fully saturated rings. The van der Waals surface area contributed by atoms with Gasteiger partial charge in [-0.1, -0.05) is 61.8 Å². The second-order valence-corrected chi connectivity index (χ2v) is 6.82. The van der Waals surface area contributed by atoms with Crippen LogP contribution in [0.3, 0.4) is 0 Å². The van der Waals surface area contributed by atoms with Crippen LogP contribution in [-0.2, 0) is 13.1 Å². The Balaban J connectivity index is 1.90. The summed E-state index contributed by atoms with van der Waals surface area (Å²) in [6.45, 7) is 7.18. The molecule has 1 aromatic heterocycles. The Morgan fingerprint density at radius 1 is 1.00 bits per heavy atom. The lowest BCUT2D eigenvalue weighted by atomic mass is 10.1. The summed E-state index contributed by atoms with van der Waals surface area (Å²) in [5.41, 5.74) is 3.75. The van der Waals surface area contributed by atoms with Crippen molar-refractivity contribution in [3.8, 4) is 0 Å². The van der Waals surface area contributed by atoms with Gasteiger partial charge in [-0.25, -0.2) is 0 Å². The van der Waals surface area contributed by atoms with Gasteiger partial charge < -0.3 is 9.88 Å². The van der Waals surface area contributed by atoms with E-state index in [-0.39, 0.29) is 0 Å². The summed E-state index contributed by atoms with van der Waals surface area (Å²) in [5.74, 6) is 0.659. The number of halogens is 1. The van der Waals surface area contributed by atoms with Gasteiger partial charge in [-0.05, 0) is 35.7 Å². The molecule has 23 heavy (non-hydrogen) atoms. The minimum Gasteiger partial charge on any atom is -0.343 e. The summed E-state index contributed by atoms with van der Waals surface area (Å²) in [6.07, 6.45) is 2.25. The van der Waals surface area contributed by atoms with E-state index in [0.717, 1.165) is 30.2 Å². The van der Waals surface area contributed by atoms with E-state index in [4.69, 9.17) is 11.6 Å². The maximum Gasteiger partial charge on any atom is 0.0491 e. The van der Waals surface area contributed by atoms with Gasteiger partial charge in [0.1, 0.15) is 0 Å². The monoisotopic (exact) mass is 326 g/mol. The van der Waals surface area contributed by atoms with Crippen LogP contribution in [-0.4, -0.2) is 11.1 Å². The van der Waals surface area contributed by atoms with E-state index in [0.29, 0.717) is 5.92 Å². The van der Waals surface area contributed by atoms with Crippen LogP contribution in [0.25, 0.3) is 10.9 Å². The average molecular weight is 327 g/mol. The minimum atomic E-state index is 0.659. The zero-order valence-corrected chi connectivity index (χ0v) is 14.5. The van der Waals surface area contributed by atoms with Crippen molar-refractivity contribution in [3.63, 3.8) is 0 Å². The molecule has 0 radical (unpaired) electrons. The standard InChI is InChI=1S/C20H23ClN2/c1-15(2)11-22-12-17-14-23(20-10-6-4-8-18(17)20)13-16-7-3-5-9-19(16)21/h3-10,14-15,22H,11-13H2,1-2H3. The van der Waals surface area contributed by atoms with E-state index < -0.39 is 0 Å². The zero-order chi connectivity index (χ0) is 16.2. The van der Waals surface area contributed by atoms with Crippen molar-refractivity contribution < 1.29 is 0 Å². The molecule has 0 bridgehead atoms. The fourth-order valence-electron chi connectivity index (χ4n) is 2.90. The van der Waals surface area contributed by atoms with Gasteiger partial charge in [-0.3, -0.25) is 0 Å². The fourth-order valence-corrected chi connectivity index (χ4v) is 3.10. The van der Waals surface area contributed by atoms with Crippen LogP contribution in [0, 0.1) is 5.92 Å². The van der Waals surface area contributed by atoms with Crippen LogP contribution in [0.4, 0.5) is 0 Å². The van der Waals surface area contributed by atoms with Crippen LogP contribution < -0.4 is 5.32 Å². The molecule has 0 unspecified atom stereocenters. The van der Waals surface area contributed by atoms with Crippen molar-refractivity contribution in [2.24, 2.45) is 5.92 Å². The number of hydrogen-bond acceptors (Lipinski definition) is 1. The Labute approximate surface area is 143 Å². The molecule has 0 amide bonds. The number of nitrogens with zero attached hydrogens (tertiary/aromatic N) is 1. The number of aromatic nitrogens is 1. The summed E-state index contributed by atoms with van der Waals surface area (Å²) >= 11 is 6.32. The molecule has 3 heteroatoms. The van der Waals surface area contributed by atoms with E-state index in [2.05, 4.69) is 60.3 Å². The molecule has 3 rings (SSSR count). The lowest BCUT2D eigenvalue weighted by Crippen LogP contribution is -2.18. The molecule has 0 aliphatic heterocycles. The molecule has 0 aliphatic rings. The first kappa shape index (κ1) is 16.1. The highest BCUT2D eigenvalue weighted by Crippen LogP contribution is 2.24. The van der Waals surface area contributed by atoms with Gasteiger partial charge >= 0.3 is 0 Å². The quantitative estimate of drug-likeness (QED) is 0.667. The van der Waals surface area contributed by atoms with Crippen LogP contribution in [0.15, 0.2) is 54.7 Å². The maximum atomic E-state index is 6.32. The highest BCUT2D eigenvalue weighted by Gasteiger charge is 2.09. The van der Waals surface area contributed by atoms with Crippen molar-refractivity contribution in [2.45, 2.75) is 26.9 Å². The summed E-state index contributed by atoms with van der Waals surface area (Å²) < 4.78 is 2.29. The Morgan fingerprint density at radius 2 is 1.74 bits per heavy atom. The topological polar surface area (TPSA) is 17.0 Å². The number of para-hydroxylation sites is 1. The van der Waals surface area contributed by atoms with Crippen molar-refractivity contribution in [2.75, 3.05) is 6.54 Å². The SMILES string of the molecule is CC(C)CNCc1cn(Cc2ccccc2Cl)c2ccccc12. The third-order valence-electron chi connectivity index (χ3n) is 4.04. The number of benzene rings is 2. The summed E-state index contributed by atoms with van der Waals surface area (Å²) in [6, 6.07) is 16.6. The van der Waals surface area contributed by atoms with E-state index >= 15 is 0 Å². The average Bonchev–Trinajstić information content (AvgIpc) is 2.88. The molecule has 2 aromatic carbocycles. The van der Waals surface area contributed by atoms with E-state index in [1.165, 1.54) is 16.5 Å². The zero-order valence-electron chi connectivity index (χ0n) is 13.7. The van der Waals surface area contributed by atoms with Gasteiger partial charge in [0.25, 0.3) is 0 Å². The predicted octanol–water partition coefficient (Wildman–Crippen LogP) is 5.09. The van der Waals surface area contributed by atoms with Gasteiger partial charge in [0.2, 0.25) is 0 Å². The van der Waals surface area contributed by atoms with E-state index in [1.807, 2.05) is 18.2 Å². The van der Waals surface area contributed by atoms with Gasteiger partial charge in [0.15, 0.2) is 0 Å². The number of fused-ring (bicyclic) bond motifs is 1. The maximum absolute atomic E-state index is 6.32. The molecule has 2 nitrogen and oxygen atoms in total. The molecule has 3 aromatic rings. The van der Waals surface area contributed by atoms with E-state index in [1.54, 1.807) is 0 Å². The lowest BCUT2D eigenvalue weighted by Gasteiger charge is -2.07. The summed E-state index contributed by atoms with van der Waals surface area (Å²) in [4.78, 5) is 0. The highest BCUT2D eigenvalue weighted by molar-refractivity contribution is 6.31. The molecule has 0 spiro atoms. The van der Waals surface area contributed by atoms with Crippen LogP contribution >= 0.6 is 11.6 Å². The fraction of sp³-hybridized carbons (Fsp3) is 0.300. The van der Waals surface area contributed by atoms with Crippen molar-refractivity contribution >= 4 is 22.5 Å². The van der Waals surface area contributed by atoms with Gasteiger partial charge in [0.05, 0.1) is 0 Å². The summed E-state index contributed by atoms with van der Waals surface area (Å²) in [7, 11) is 0. The smallest absolute Gasteiger partial charge is 0.0491 e. The molecule has 0 saturated carbocycles. The van der Waals surface area contributed by atoms with Gasteiger partial charge in [0, 0.05) is 35.2 Å². The lowest BCUT2D eigenvalue weighted by molar-refractivity contribution is 0.553. The highest BCUT2D eigenvalue weighted by atomic mass is 35.5. The van der Waals surface area contributed by atoms with Gasteiger partial charge in [-0.2, -0.15) is 0 Å². The third kappa shape index (κ3) is 3.77.